The van der Waals surface area contributed by atoms with Gasteiger partial charge in [0.15, 0.2) is 0 Å². The Bertz CT molecular complexity index is 996. The number of aromatic nitrogens is 2. The number of hydrogen-bond donors (Lipinski definition) is 1. The summed E-state index contributed by atoms with van der Waals surface area (Å²) in [5, 5.41) is 7.49. The number of hydrogen-bond acceptors (Lipinski definition) is 3. The third-order valence-corrected chi connectivity index (χ3v) is 4.45. The van der Waals surface area contributed by atoms with Crippen molar-refractivity contribution in [1.82, 2.24) is 14.7 Å². The van der Waals surface area contributed by atoms with Crippen LogP contribution in [0.1, 0.15) is 22.4 Å². The van der Waals surface area contributed by atoms with E-state index in [-0.39, 0.29) is 18.3 Å². The standard InChI is InChI=1S/C22H25FN4O/c1-15-8-9-16(2)20(10-15)27-21(11-17(3)25-27)24-22(28)14-26(4)13-18-6-5-7-19(23)12-18/h5-12H,13-14H2,1-4H3,(H,24,28). The topological polar surface area (TPSA) is 50.2 Å². The van der Waals surface area contributed by atoms with Crippen LogP contribution in [0.15, 0.2) is 48.5 Å². The quantitative estimate of drug-likeness (QED) is 0.703. The minimum Gasteiger partial charge on any atom is -0.309 e. The van der Waals surface area contributed by atoms with Crippen molar-refractivity contribution in [3.05, 3.63) is 76.7 Å². The van der Waals surface area contributed by atoms with Gasteiger partial charge in [-0.25, -0.2) is 9.07 Å². The van der Waals surface area contributed by atoms with Crippen molar-refractivity contribution in [3.63, 3.8) is 0 Å². The molecule has 1 heterocycles. The number of carbonyl (C=O) groups is 1. The molecule has 0 bridgehead atoms. The number of rotatable bonds is 6. The molecule has 0 unspecified atom stereocenters. The normalized spacial score (nSPS) is 11.1. The smallest absolute Gasteiger partial charge is 0.239 e. The second-order valence-corrected chi connectivity index (χ2v) is 7.22. The first-order valence-corrected chi connectivity index (χ1v) is 9.19. The first-order chi connectivity index (χ1) is 13.3. The molecular formula is C22H25FN4O. The van der Waals surface area contributed by atoms with E-state index in [0.717, 1.165) is 28.1 Å². The lowest BCUT2D eigenvalue weighted by atomic mass is 10.1. The highest BCUT2D eigenvalue weighted by Crippen LogP contribution is 2.21. The second kappa shape index (κ2) is 8.35. The Morgan fingerprint density at radius 3 is 2.68 bits per heavy atom. The molecule has 0 radical (unpaired) electrons. The van der Waals surface area contributed by atoms with Gasteiger partial charge in [0.25, 0.3) is 0 Å². The predicted octanol–water partition coefficient (Wildman–Crippen LogP) is 4.01. The molecule has 0 aliphatic heterocycles. The summed E-state index contributed by atoms with van der Waals surface area (Å²) in [6.45, 7) is 6.62. The van der Waals surface area contributed by atoms with E-state index in [4.69, 9.17) is 0 Å². The summed E-state index contributed by atoms with van der Waals surface area (Å²) in [6.07, 6.45) is 0. The fourth-order valence-corrected chi connectivity index (χ4v) is 3.15. The highest BCUT2D eigenvalue weighted by molar-refractivity contribution is 5.91. The first kappa shape index (κ1) is 19.8. The molecule has 2 aromatic carbocycles. The molecule has 3 aromatic rings. The number of carbonyl (C=O) groups excluding carboxylic acids is 1. The van der Waals surface area contributed by atoms with Crippen LogP contribution >= 0.6 is 0 Å². The van der Waals surface area contributed by atoms with Gasteiger partial charge in [0.1, 0.15) is 11.6 Å². The van der Waals surface area contributed by atoms with E-state index in [0.29, 0.717) is 12.4 Å². The van der Waals surface area contributed by atoms with E-state index in [2.05, 4.69) is 16.5 Å². The minimum atomic E-state index is -0.275. The number of nitrogens with one attached hydrogen (secondary N) is 1. The van der Waals surface area contributed by atoms with Crippen LogP contribution in [0.2, 0.25) is 0 Å². The van der Waals surface area contributed by atoms with Gasteiger partial charge < -0.3 is 5.32 Å². The summed E-state index contributed by atoms with van der Waals surface area (Å²) >= 11 is 0. The molecule has 0 aliphatic carbocycles. The van der Waals surface area contributed by atoms with E-state index < -0.39 is 0 Å². The molecule has 6 heteroatoms. The SMILES string of the molecule is Cc1ccc(C)c(-n2nc(C)cc2NC(=O)CN(C)Cc2cccc(F)c2)c1. The fraction of sp³-hybridized carbons (Fsp3) is 0.273. The molecular weight excluding hydrogens is 355 g/mol. The summed E-state index contributed by atoms with van der Waals surface area (Å²) in [4.78, 5) is 14.4. The maximum absolute atomic E-state index is 13.3. The van der Waals surface area contributed by atoms with Crippen LogP contribution in [-0.4, -0.2) is 34.2 Å². The van der Waals surface area contributed by atoms with Gasteiger partial charge in [-0.15, -0.1) is 0 Å². The predicted molar refractivity (Wildman–Crippen MR) is 109 cm³/mol. The van der Waals surface area contributed by atoms with Gasteiger partial charge >= 0.3 is 0 Å². The van der Waals surface area contributed by atoms with Crippen LogP contribution < -0.4 is 5.32 Å². The Labute approximate surface area is 164 Å². The molecule has 0 atom stereocenters. The number of benzene rings is 2. The van der Waals surface area contributed by atoms with Crippen molar-refractivity contribution in [2.45, 2.75) is 27.3 Å². The lowest BCUT2D eigenvalue weighted by Gasteiger charge is -2.17. The number of halogens is 1. The second-order valence-electron chi connectivity index (χ2n) is 7.22. The average molecular weight is 380 g/mol. The Hall–Kier alpha value is -2.99. The van der Waals surface area contributed by atoms with E-state index >= 15 is 0 Å². The average Bonchev–Trinajstić information content (AvgIpc) is 2.96. The Balaban J connectivity index is 1.71. The third-order valence-electron chi connectivity index (χ3n) is 4.45. The highest BCUT2D eigenvalue weighted by Gasteiger charge is 2.14. The molecule has 1 aromatic heterocycles. The Morgan fingerprint density at radius 1 is 1.14 bits per heavy atom. The molecule has 1 amide bonds. The van der Waals surface area contributed by atoms with Gasteiger partial charge in [-0.05, 0) is 62.7 Å². The van der Waals surface area contributed by atoms with Gasteiger partial charge in [0.05, 0.1) is 17.9 Å². The number of amides is 1. The molecule has 1 N–H and O–H groups in total. The summed E-state index contributed by atoms with van der Waals surface area (Å²) < 4.78 is 15.1. The van der Waals surface area contributed by atoms with Crippen molar-refractivity contribution < 1.29 is 9.18 Å². The largest absolute Gasteiger partial charge is 0.309 e. The van der Waals surface area contributed by atoms with E-state index in [9.17, 15) is 9.18 Å². The molecule has 0 fully saturated rings. The molecule has 3 rings (SSSR count). The van der Waals surface area contributed by atoms with Crippen molar-refractivity contribution in [2.24, 2.45) is 0 Å². The fourth-order valence-electron chi connectivity index (χ4n) is 3.15. The summed E-state index contributed by atoms with van der Waals surface area (Å²) in [5.41, 5.74) is 4.79. The number of nitrogens with zero attached hydrogens (tertiary/aromatic N) is 3. The number of anilines is 1. The van der Waals surface area contributed by atoms with Crippen molar-refractivity contribution >= 4 is 11.7 Å². The zero-order chi connectivity index (χ0) is 20.3. The highest BCUT2D eigenvalue weighted by atomic mass is 19.1. The number of likely N-dealkylation sites (N-methyl/N-ethyl adjacent to an activating group) is 1. The zero-order valence-electron chi connectivity index (χ0n) is 16.7. The van der Waals surface area contributed by atoms with Crippen LogP contribution in [0.5, 0.6) is 0 Å². The van der Waals surface area contributed by atoms with Crippen molar-refractivity contribution in [3.8, 4) is 5.69 Å². The molecule has 146 valence electrons. The van der Waals surface area contributed by atoms with Gasteiger partial charge in [-0.3, -0.25) is 9.69 Å². The summed E-state index contributed by atoms with van der Waals surface area (Å²) in [7, 11) is 1.83. The van der Waals surface area contributed by atoms with Gasteiger partial charge in [-0.2, -0.15) is 5.10 Å². The molecule has 5 nitrogen and oxygen atoms in total. The van der Waals surface area contributed by atoms with Crippen molar-refractivity contribution in [1.29, 1.82) is 0 Å². The lowest BCUT2D eigenvalue weighted by Crippen LogP contribution is -2.30. The van der Waals surface area contributed by atoms with Crippen LogP contribution in [-0.2, 0) is 11.3 Å². The van der Waals surface area contributed by atoms with Crippen LogP contribution in [0, 0.1) is 26.6 Å². The molecule has 0 aliphatic rings. The Morgan fingerprint density at radius 2 is 1.93 bits per heavy atom. The zero-order valence-corrected chi connectivity index (χ0v) is 16.7. The third kappa shape index (κ3) is 4.84. The summed E-state index contributed by atoms with van der Waals surface area (Å²) in [5.74, 6) is 0.212. The van der Waals surface area contributed by atoms with Crippen LogP contribution in [0.4, 0.5) is 10.2 Å². The minimum absolute atomic E-state index is 0.148. The molecule has 28 heavy (non-hydrogen) atoms. The van der Waals surface area contributed by atoms with E-state index in [1.807, 2.05) is 57.0 Å². The van der Waals surface area contributed by atoms with Crippen molar-refractivity contribution in [2.75, 3.05) is 18.9 Å². The maximum Gasteiger partial charge on any atom is 0.239 e. The Kier molecular flexibility index (Phi) is 5.90. The number of aryl methyl sites for hydroxylation is 3. The van der Waals surface area contributed by atoms with Crippen LogP contribution in [0.25, 0.3) is 5.69 Å². The van der Waals surface area contributed by atoms with Gasteiger partial charge in [-0.1, -0.05) is 24.3 Å². The summed E-state index contributed by atoms with van der Waals surface area (Å²) in [6, 6.07) is 14.4. The van der Waals surface area contributed by atoms with E-state index in [1.54, 1.807) is 10.7 Å². The first-order valence-electron chi connectivity index (χ1n) is 9.19. The monoisotopic (exact) mass is 380 g/mol. The maximum atomic E-state index is 13.3. The molecule has 0 saturated heterocycles. The van der Waals surface area contributed by atoms with E-state index in [1.165, 1.54) is 12.1 Å². The van der Waals surface area contributed by atoms with Gasteiger partial charge in [0.2, 0.25) is 5.91 Å². The molecule has 0 spiro atoms. The molecule has 0 saturated carbocycles. The van der Waals surface area contributed by atoms with Gasteiger partial charge in [0, 0.05) is 12.6 Å². The van der Waals surface area contributed by atoms with Crippen LogP contribution in [0.3, 0.4) is 0 Å². The lowest BCUT2D eigenvalue weighted by molar-refractivity contribution is -0.117.